The standard InChI is InChI=1S/C10H20N2OS/c1-10(2,3)8(11)9(13)12-4-6-14-7-5-12/h8H,4-7,11H2,1-3H3/t8-/m0/s1. The number of hydrogen-bond acceptors (Lipinski definition) is 3. The van der Waals surface area contributed by atoms with Crippen LogP contribution in [0.5, 0.6) is 0 Å². The molecule has 1 aliphatic rings. The van der Waals surface area contributed by atoms with E-state index in [9.17, 15) is 4.79 Å². The molecule has 1 rings (SSSR count). The van der Waals surface area contributed by atoms with E-state index in [4.69, 9.17) is 5.73 Å². The molecule has 2 N–H and O–H groups in total. The van der Waals surface area contributed by atoms with Gasteiger partial charge in [0.25, 0.3) is 0 Å². The van der Waals surface area contributed by atoms with E-state index in [1.165, 1.54) is 0 Å². The zero-order valence-corrected chi connectivity index (χ0v) is 10.1. The third-order valence-electron chi connectivity index (χ3n) is 2.52. The molecule has 0 aromatic carbocycles. The maximum Gasteiger partial charge on any atom is 0.240 e. The molecule has 1 aliphatic heterocycles. The minimum atomic E-state index is -0.370. The van der Waals surface area contributed by atoms with Gasteiger partial charge in [0.15, 0.2) is 0 Å². The largest absolute Gasteiger partial charge is 0.340 e. The summed E-state index contributed by atoms with van der Waals surface area (Å²) in [4.78, 5) is 13.8. The molecule has 0 radical (unpaired) electrons. The van der Waals surface area contributed by atoms with Crippen LogP contribution in [0.15, 0.2) is 0 Å². The second-order valence-corrected chi connectivity index (χ2v) is 6.01. The smallest absolute Gasteiger partial charge is 0.240 e. The molecule has 1 fully saturated rings. The molecular formula is C10H20N2OS. The number of hydrogen-bond donors (Lipinski definition) is 1. The van der Waals surface area contributed by atoms with Crippen molar-refractivity contribution in [3.05, 3.63) is 0 Å². The van der Waals surface area contributed by atoms with E-state index in [2.05, 4.69) is 0 Å². The topological polar surface area (TPSA) is 46.3 Å². The summed E-state index contributed by atoms with van der Waals surface area (Å²) in [7, 11) is 0. The highest BCUT2D eigenvalue weighted by Gasteiger charge is 2.31. The monoisotopic (exact) mass is 216 g/mol. The number of rotatable bonds is 1. The molecule has 1 heterocycles. The fourth-order valence-electron chi connectivity index (χ4n) is 1.35. The van der Waals surface area contributed by atoms with Crippen molar-refractivity contribution < 1.29 is 4.79 Å². The summed E-state index contributed by atoms with van der Waals surface area (Å²) in [6.45, 7) is 7.73. The Kier molecular flexibility index (Phi) is 3.84. The van der Waals surface area contributed by atoms with E-state index in [-0.39, 0.29) is 17.4 Å². The van der Waals surface area contributed by atoms with E-state index >= 15 is 0 Å². The van der Waals surface area contributed by atoms with Crippen LogP contribution in [-0.4, -0.2) is 41.4 Å². The molecule has 1 amide bonds. The van der Waals surface area contributed by atoms with Crippen LogP contribution in [0.25, 0.3) is 0 Å². The predicted molar refractivity (Wildman–Crippen MR) is 61.3 cm³/mol. The summed E-state index contributed by atoms with van der Waals surface area (Å²) in [6, 6.07) is -0.370. The zero-order chi connectivity index (χ0) is 10.8. The average molecular weight is 216 g/mol. The predicted octanol–water partition coefficient (Wildman–Crippen LogP) is 0.935. The molecule has 1 saturated heterocycles. The van der Waals surface area contributed by atoms with Gasteiger partial charge in [0, 0.05) is 24.6 Å². The van der Waals surface area contributed by atoms with Crippen molar-refractivity contribution in [3.8, 4) is 0 Å². The lowest BCUT2D eigenvalue weighted by Gasteiger charge is -2.33. The van der Waals surface area contributed by atoms with Crippen LogP contribution in [0.1, 0.15) is 20.8 Å². The first-order chi connectivity index (χ1) is 6.43. The second kappa shape index (κ2) is 4.53. The maximum absolute atomic E-state index is 11.9. The third-order valence-corrected chi connectivity index (χ3v) is 3.46. The van der Waals surface area contributed by atoms with Gasteiger partial charge in [0.2, 0.25) is 5.91 Å². The Morgan fingerprint density at radius 3 is 2.29 bits per heavy atom. The number of nitrogens with zero attached hydrogens (tertiary/aromatic N) is 1. The number of carbonyl (C=O) groups excluding carboxylic acids is 1. The molecule has 0 aromatic rings. The van der Waals surface area contributed by atoms with Crippen LogP contribution in [0.2, 0.25) is 0 Å². The van der Waals surface area contributed by atoms with Crippen molar-refractivity contribution in [1.82, 2.24) is 4.90 Å². The molecule has 3 nitrogen and oxygen atoms in total. The Labute approximate surface area is 90.4 Å². The van der Waals surface area contributed by atoms with E-state index in [1.807, 2.05) is 37.4 Å². The van der Waals surface area contributed by atoms with Gasteiger partial charge in [-0.1, -0.05) is 20.8 Å². The number of thioether (sulfide) groups is 1. The van der Waals surface area contributed by atoms with E-state index in [1.54, 1.807) is 0 Å². The highest BCUT2D eigenvalue weighted by Crippen LogP contribution is 2.20. The lowest BCUT2D eigenvalue weighted by Crippen LogP contribution is -2.52. The Morgan fingerprint density at radius 2 is 1.86 bits per heavy atom. The Balaban J connectivity index is 2.55. The molecule has 0 saturated carbocycles. The first-order valence-electron chi connectivity index (χ1n) is 5.05. The highest BCUT2D eigenvalue weighted by atomic mass is 32.2. The summed E-state index contributed by atoms with van der Waals surface area (Å²) < 4.78 is 0. The summed E-state index contributed by atoms with van der Waals surface area (Å²) in [5.41, 5.74) is 5.79. The third kappa shape index (κ3) is 2.89. The van der Waals surface area contributed by atoms with Gasteiger partial charge in [0.05, 0.1) is 6.04 Å². The first kappa shape index (κ1) is 11.9. The van der Waals surface area contributed by atoms with Crippen molar-refractivity contribution in [2.24, 2.45) is 11.1 Å². The molecule has 82 valence electrons. The van der Waals surface area contributed by atoms with Gasteiger partial charge in [-0.25, -0.2) is 0 Å². The highest BCUT2D eigenvalue weighted by molar-refractivity contribution is 7.99. The maximum atomic E-state index is 11.9. The normalized spacial score (nSPS) is 20.7. The van der Waals surface area contributed by atoms with Gasteiger partial charge in [-0.3, -0.25) is 4.79 Å². The molecule has 0 aliphatic carbocycles. The van der Waals surface area contributed by atoms with Gasteiger partial charge in [-0.05, 0) is 5.41 Å². The summed E-state index contributed by atoms with van der Waals surface area (Å²) in [5.74, 6) is 2.20. The lowest BCUT2D eigenvalue weighted by atomic mass is 9.86. The van der Waals surface area contributed by atoms with Gasteiger partial charge in [0.1, 0.15) is 0 Å². The van der Waals surface area contributed by atoms with E-state index < -0.39 is 0 Å². The minimum Gasteiger partial charge on any atom is -0.340 e. The van der Waals surface area contributed by atoms with E-state index in [0.29, 0.717) is 0 Å². The average Bonchev–Trinajstić information content (AvgIpc) is 2.15. The SMILES string of the molecule is CC(C)(C)[C@@H](N)C(=O)N1CCSCC1. The van der Waals surface area contributed by atoms with Crippen molar-refractivity contribution in [2.45, 2.75) is 26.8 Å². The van der Waals surface area contributed by atoms with Gasteiger partial charge < -0.3 is 10.6 Å². The molecule has 1 atom stereocenters. The van der Waals surface area contributed by atoms with E-state index in [0.717, 1.165) is 24.6 Å². The summed E-state index contributed by atoms with van der Waals surface area (Å²) in [5, 5.41) is 0. The quantitative estimate of drug-likeness (QED) is 0.709. The molecule has 14 heavy (non-hydrogen) atoms. The lowest BCUT2D eigenvalue weighted by molar-refractivity contribution is -0.134. The van der Waals surface area contributed by atoms with Gasteiger partial charge in [-0.2, -0.15) is 11.8 Å². The molecular weight excluding hydrogens is 196 g/mol. The fourth-order valence-corrected chi connectivity index (χ4v) is 2.25. The Morgan fingerprint density at radius 1 is 1.36 bits per heavy atom. The van der Waals surface area contributed by atoms with Crippen LogP contribution in [0.3, 0.4) is 0 Å². The van der Waals surface area contributed by atoms with Crippen LogP contribution in [0.4, 0.5) is 0 Å². The Hall–Kier alpha value is -0.220. The molecule has 0 spiro atoms. The van der Waals surface area contributed by atoms with Crippen LogP contribution < -0.4 is 5.73 Å². The molecule has 0 bridgehead atoms. The Bertz CT molecular complexity index is 207. The molecule has 0 unspecified atom stereocenters. The van der Waals surface area contributed by atoms with Crippen LogP contribution in [0, 0.1) is 5.41 Å². The number of nitrogens with two attached hydrogens (primary N) is 1. The first-order valence-corrected chi connectivity index (χ1v) is 6.20. The fraction of sp³-hybridized carbons (Fsp3) is 0.900. The van der Waals surface area contributed by atoms with Crippen LogP contribution >= 0.6 is 11.8 Å². The van der Waals surface area contributed by atoms with Crippen LogP contribution in [-0.2, 0) is 4.79 Å². The summed E-state index contributed by atoms with van der Waals surface area (Å²) >= 11 is 1.90. The second-order valence-electron chi connectivity index (χ2n) is 4.78. The minimum absolute atomic E-state index is 0.109. The number of amides is 1. The van der Waals surface area contributed by atoms with Gasteiger partial charge >= 0.3 is 0 Å². The van der Waals surface area contributed by atoms with Crippen molar-refractivity contribution in [2.75, 3.05) is 24.6 Å². The van der Waals surface area contributed by atoms with Crippen molar-refractivity contribution >= 4 is 17.7 Å². The van der Waals surface area contributed by atoms with Crippen molar-refractivity contribution in [1.29, 1.82) is 0 Å². The molecule has 0 aromatic heterocycles. The number of carbonyl (C=O) groups is 1. The van der Waals surface area contributed by atoms with Crippen molar-refractivity contribution in [3.63, 3.8) is 0 Å². The summed E-state index contributed by atoms with van der Waals surface area (Å²) in [6.07, 6.45) is 0. The van der Waals surface area contributed by atoms with Gasteiger partial charge in [-0.15, -0.1) is 0 Å². The molecule has 4 heteroatoms. The zero-order valence-electron chi connectivity index (χ0n) is 9.25.